The van der Waals surface area contributed by atoms with E-state index in [4.69, 9.17) is 37.7 Å². The first-order chi connectivity index (χ1) is 28.7. The predicted octanol–water partition coefficient (Wildman–Crippen LogP) is -11.1. The second-order valence-corrected chi connectivity index (χ2v) is 18.0. The molecule has 35 nitrogen and oxygen atoms in total. The number of carboxylic acids is 2. The van der Waals surface area contributed by atoms with Crippen molar-refractivity contribution < 1.29 is 154 Å². The third-order valence-corrected chi connectivity index (χ3v) is 11.2. The Morgan fingerprint density at radius 1 is 0.508 bits per heavy atom. The Morgan fingerprint density at radius 3 is 1.49 bits per heavy atom. The van der Waals surface area contributed by atoms with Gasteiger partial charge in [0.2, 0.25) is 0 Å². The summed E-state index contributed by atoms with van der Waals surface area (Å²) in [5, 5.41) is 104. The van der Waals surface area contributed by atoms with Crippen LogP contribution in [0.3, 0.4) is 0 Å². The van der Waals surface area contributed by atoms with E-state index in [0.29, 0.717) is 0 Å². The third-order valence-electron chi connectivity index (χ3n) is 9.18. The van der Waals surface area contributed by atoms with E-state index in [2.05, 4.69) is 8.37 Å². The van der Waals surface area contributed by atoms with Crippen molar-refractivity contribution in [3.63, 3.8) is 0 Å². The molecule has 4 rings (SSSR count). The van der Waals surface area contributed by atoms with Crippen molar-refractivity contribution >= 4 is 53.3 Å². The van der Waals surface area contributed by atoms with Gasteiger partial charge in [0.05, 0.1) is 13.2 Å². The normalized spacial score (nSPS) is 42.1. The number of hydrogen-bond acceptors (Lipinski definition) is 27. The molecule has 16 N–H and O–H groups in total. The average Bonchev–Trinajstić information content (AvgIpc) is 3.13. The fraction of sp³-hybridized carbons (Fsp3) is 0.917. The van der Waals surface area contributed by atoms with Crippen LogP contribution in [0.25, 0.3) is 0 Å². The van der Waals surface area contributed by atoms with E-state index in [9.17, 15) is 108 Å². The van der Waals surface area contributed by atoms with Gasteiger partial charge >= 0.3 is 53.3 Å². The van der Waals surface area contributed by atoms with Crippen LogP contribution in [0.5, 0.6) is 0 Å². The number of rotatable bonds is 18. The van der Waals surface area contributed by atoms with Gasteiger partial charge in [-0.2, -0.15) is 43.1 Å². The molecule has 39 heteroatoms. The number of aliphatic hydroxyl groups excluding tert-OH is 8. The SMILES string of the molecule is O=C(O)[C@H]1O[C@@H](O[C@H]2[C@H](O)[C@@H](NS(=O)(=O)O)[C@@H](O)O[C@@H]2CO)[C@H](O)[C@@H](O)[C@@H]1O[C@H]1O[C@H](COS(=O)(=O)O)[C@@H](O[C@@H]2O[C@@H](C(=O)O)[C@@H](O)[C@H](O)[C@H]2OS(=O)(=O)O)[C@H](O)[C@H]1NS(=O)(=O)O. The van der Waals surface area contributed by atoms with Gasteiger partial charge in [0.1, 0.15) is 79.2 Å². The highest BCUT2D eigenvalue weighted by Gasteiger charge is 2.58. The number of carboxylic acid groups (broad SMARTS) is 2. The monoisotopic (exact) mass is 1010 g/mol. The summed E-state index contributed by atoms with van der Waals surface area (Å²) in [5.74, 6) is -4.24. The minimum absolute atomic E-state index is 1.16. The van der Waals surface area contributed by atoms with Gasteiger partial charge in [-0.15, -0.1) is 0 Å². The molecule has 4 aliphatic heterocycles. The number of carbonyl (C=O) groups is 2. The molecule has 0 aromatic rings. The van der Waals surface area contributed by atoms with Crippen LogP contribution in [0.4, 0.5) is 0 Å². The van der Waals surface area contributed by atoms with Gasteiger partial charge in [0.25, 0.3) is 0 Å². The largest absolute Gasteiger partial charge is 0.479 e. The number of aliphatic hydroxyl groups is 8. The molecule has 0 aliphatic carbocycles. The van der Waals surface area contributed by atoms with Crippen molar-refractivity contribution in [2.24, 2.45) is 0 Å². The van der Waals surface area contributed by atoms with Crippen LogP contribution in [0, 0.1) is 0 Å². The predicted molar refractivity (Wildman–Crippen MR) is 181 cm³/mol. The standard InChI is InChI=1S/C24H40N2O33S4/c27-1-3-13(7(28)5(21(38)52-3)25-60(39,40)41)54-23-12(33)11(32)15(18(58-23)20(36)37)56-22-6(26-61(42,43)44)8(29)14(4(53-22)2-51-62(45,46)47)55-24-17(59-63(48,49)50)10(31)9(30)16(57-24)19(34)35/h3-18,21-33,38H,1-2H2,(H,34,35)(H,36,37)(H,39,40,41)(H,42,43,44)(H,45,46,47)(H,48,49,50)/t3-,4-,5-,6-,7-,8-,9+,10+,11-,12-,13-,14-,15+,16-,17-,18+,21+,22-,23-,24-/m1/s1. The van der Waals surface area contributed by atoms with Crippen molar-refractivity contribution in [2.45, 2.75) is 123 Å². The Balaban J connectivity index is 1.70. The zero-order valence-corrected chi connectivity index (χ0v) is 33.9. The molecular formula is C24H40N2O33S4. The summed E-state index contributed by atoms with van der Waals surface area (Å²) in [6, 6.07) is -4.84. The van der Waals surface area contributed by atoms with Gasteiger partial charge in [-0.25, -0.2) is 18.0 Å². The lowest BCUT2D eigenvalue weighted by Crippen LogP contribution is -2.70. The molecule has 0 unspecified atom stereocenters. The Labute approximate surface area is 352 Å². The van der Waals surface area contributed by atoms with Crippen LogP contribution in [0.15, 0.2) is 0 Å². The molecule has 4 aliphatic rings. The average molecular weight is 1010 g/mol. The first-order valence-corrected chi connectivity index (χ1v) is 22.5. The highest BCUT2D eigenvalue weighted by atomic mass is 32.3. The number of nitrogens with one attached hydrogen (secondary N) is 2. The number of aliphatic carboxylic acids is 2. The molecule has 0 saturated carbocycles. The summed E-state index contributed by atoms with van der Waals surface area (Å²) in [5.41, 5.74) is 0. The highest BCUT2D eigenvalue weighted by Crippen LogP contribution is 2.35. The summed E-state index contributed by atoms with van der Waals surface area (Å²) in [6.07, 6.45) is -45.5. The first kappa shape index (κ1) is 53.4. The van der Waals surface area contributed by atoms with Gasteiger partial charge in [-0.3, -0.25) is 18.2 Å². The maximum Gasteiger partial charge on any atom is 0.397 e. The lowest BCUT2D eigenvalue weighted by Gasteiger charge is -2.49. The Bertz CT molecular complexity index is 2060. The van der Waals surface area contributed by atoms with Crippen LogP contribution < -0.4 is 9.44 Å². The lowest BCUT2D eigenvalue weighted by molar-refractivity contribution is -0.369. The van der Waals surface area contributed by atoms with Crippen LogP contribution in [0.1, 0.15) is 0 Å². The van der Waals surface area contributed by atoms with Crippen LogP contribution in [-0.2, 0) is 92.5 Å². The molecule has 4 saturated heterocycles. The second-order valence-electron chi connectivity index (χ2n) is 13.5. The smallest absolute Gasteiger partial charge is 0.397 e. The number of hydrogen-bond donors (Lipinski definition) is 16. The van der Waals surface area contributed by atoms with Gasteiger partial charge < -0.3 is 84.2 Å². The second kappa shape index (κ2) is 20.4. The van der Waals surface area contributed by atoms with Gasteiger partial charge in [0, 0.05) is 0 Å². The topological polar surface area (TPSA) is 561 Å². The van der Waals surface area contributed by atoms with Crippen LogP contribution in [-0.4, -0.2) is 251 Å². The molecule has 0 aromatic carbocycles. The summed E-state index contributed by atoms with van der Waals surface area (Å²) in [4.78, 5) is 24.2. The fourth-order valence-corrected chi connectivity index (χ4v) is 8.48. The molecular weight excluding hydrogens is 973 g/mol. The summed E-state index contributed by atoms with van der Waals surface area (Å²) < 4.78 is 178. The van der Waals surface area contributed by atoms with Crippen molar-refractivity contribution in [3.05, 3.63) is 0 Å². The molecule has 0 radical (unpaired) electrons. The Kier molecular flexibility index (Phi) is 17.3. The third kappa shape index (κ3) is 13.7. The molecule has 63 heavy (non-hydrogen) atoms. The molecule has 368 valence electrons. The maximum atomic E-state index is 12.5. The summed E-state index contributed by atoms with van der Waals surface area (Å²) >= 11 is 0. The maximum absolute atomic E-state index is 12.5. The fourth-order valence-electron chi connectivity index (χ4n) is 6.50. The minimum atomic E-state index is -5.70. The van der Waals surface area contributed by atoms with Crippen molar-refractivity contribution in [3.8, 4) is 0 Å². The van der Waals surface area contributed by atoms with E-state index in [-0.39, 0.29) is 0 Å². The van der Waals surface area contributed by atoms with Crippen LogP contribution >= 0.6 is 0 Å². The first-order valence-electron chi connectivity index (χ1n) is 16.9. The minimum Gasteiger partial charge on any atom is -0.479 e. The summed E-state index contributed by atoms with van der Waals surface area (Å²) in [6.45, 7) is -2.77. The van der Waals surface area contributed by atoms with Crippen molar-refractivity contribution in [1.29, 1.82) is 0 Å². The van der Waals surface area contributed by atoms with Crippen LogP contribution in [0.2, 0.25) is 0 Å². The molecule has 4 fully saturated rings. The molecule has 4 heterocycles. The molecule has 20 atom stereocenters. The van der Waals surface area contributed by atoms with Gasteiger partial charge in [-0.05, 0) is 0 Å². The lowest BCUT2D eigenvalue weighted by atomic mass is 9.94. The molecule has 0 bridgehead atoms. The summed E-state index contributed by atoms with van der Waals surface area (Å²) in [7, 11) is -22.1. The Morgan fingerprint density at radius 2 is 0.984 bits per heavy atom. The highest BCUT2D eigenvalue weighted by molar-refractivity contribution is 7.84. The molecule has 0 amide bonds. The van der Waals surface area contributed by atoms with Crippen molar-refractivity contribution in [1.82, 2.24) is 9.44 Å². The van der Waals surface area contributed by atoms with Gasteiger partial charge in [-0.1, -0.05) is 0 Å². The van der Waals surface area contributed by atoms with Gasteiger partial charge in [0.15, 0.2) is 43.5 Å². The van der Waals surface area contributed by atoms with Crippen molar-refractivity contribution in [2.75, 3.05) is 13.2 Å². The zero-order valence-electron chi connectivity index (χ0n) is 30.6. The van der Waals surface area contributed by atoms with E-state index in [1.54, 1.807) is 0 Å². The van der Waals surface area contributed by atoms with E-state index >= 15 is 0 Å². The number of ether oxygens (including phenoxy) is 7. The quantitative estimate of drug-likeness (QED) is 0.0567. The molecule has 0 spiro atoms. The van der Waals surface area contributed by atoms with E-state index in [1.807, 2.05) is 0 Å². The zero-order chi connectivity index (χ0) is 47.9. The Hall–Kier alpha value is -2.18. The molecule has 0 aromatic heterocycles. The van der Waals surface area contributed by atoms with E-state index in [0.717, 1.165) is 0 Å². The van der Waals surface area contributed by atoms with E-state index in [1.165, 1.54) is 9.44 Å². The van der Waals surface area contributed by atoms with E-state index < -0.39 is 189 Å².